The van der Waals surface area contributed by atoms with Crippen LogP contribution in [0.15, 0.2) is 4.52 Å². The Bertz CT molecular complexity index is 352. The van der Waals surface area contributed by atoms with Crippen molar-refractivity contribution in [2.45, 2.75) is 46.5 Å². The first kappa shape index (κ1) is 12.7. The van der Waals surface area contributed by atoms with Crippen LogP contribution in [-0.4, -0.2) is 21.2 Å². The molecule has 0 unspecified atom stereocenters. The van der Waals surface area contributed by atoms with Gasteiger partial charge in [-0.25, -0.2) is 0 Å². The van der Waals surface area contributed by atoms with Crippen LogP contribution < -0.4 is 0 Å². The van der Waals surface area contributed by atoms with Gasteiger partial charge in [-0.05, 0) is 11.8 Å². The van der Waals surface area contributed by atoms with E-state index >= 15 is 0 Å². The number of carboxylic acids is 1. The van der Waals surface area contributed by atoms with Gasteiger partial charge in [-0.2, -0.15) is 4.98 Å². The highest BCUT2D eigenvalue weighted by atomic mass is 16.5. The lowest BCUT2D eigenvalue weighted by atomic mass is 9.92. The van der Waals surface area contributed by atoms with Gasteiger partial charge < -0.3 is 9.63 Å². The van der Waals surface area contributed by atoms with Crippen LogP contribution in [-0.2, 0) is 17.6 Å². The summed E-state index contributed by atoms with van der Waals surface area (Å²) in [4.78, 5) is 14.5. The van der Waals surface area contributed by atoms with Crippen LogP contribution in [0.25, 0.3) is 0 Å². The molecule has 1 aromatic rings. The first-order chi connectivity index (χ1) is 7.37. The molecule has 5 nitrogen and oxygen atoms in total. The second-order valence-electron chi connectivity index (χ2n) is 5.09. The standard InChI is InChI=1S/C11H18N2O3/c1-11(2,3)7-8-12-9(16-13-8)5-4-6-10(14)15/h4-7H2,1-3H3,(H,14,15). The van der Waals surface area contributed by atoms with Crippen molar-refractivity contribution in [3.8, 4) is 0 Å². The molecule has 0 spiro atoms. The third-order valence-electron chi connectivity index (χ3n) is 1.98. The number of carboxylic acid groups (broad SMARTS) is 1. The summed E-state index contributed by atoms with van der Waals surface area (Å²) in [6.45, 7) is 6.31. The average molecular weight is 226 g/mol. The highest BCUT2D eigenvalue weighted by molar-refractivity contribution is 5.66. The van der Waals surface area contributed by atoms with Crippen molar-refractivity contribution < 1.29 is 14.4 Å². The zero-order valence-corrected chi connectivity index (χ0v) is 9.99. The third kappa shape index (κ3) is 4.91. The number of rotatable bonds is 5. The molecule has 1 rings (SSSR count). The molecule has 0 fully saturated rings. The number of aliphatic carboxylic acids is 1. The Morgan fingerprint density at radius 2 is 2.12 bits per heavy atom. The molecular formula is C11H18N2O3. The highest BCUT2D eigenvalue weighted by Gasteiger charge is 2.16. The Labute approximate surface area is 94.9 Å². The van der Waals surface area contributed by atoms with Gasteiger partial charge >= 0.3 is 5.97 Å². The molecule has 0 saturated carbocycles. The molecule has 16 heavy (non-hydrogen) atoms. The summed E-state index contributed by atoms with van der Waals surface area (Å²) >= 11 is 0. The van der Waals surface area contributed by atoms with E-state index in [0.717, 1.165) is 6.42 Å². The Kier molecular flexibility index (Phi) is 4.04. The zero-order chi connectivity index (χ0) is 12.2. The van der Waals surface area contributed by atoms with Crippen LogP contribution in [0.1, 0.15) is 45.3 Å². The molecule has 0 aliphatic rings. The topological polar surface area (TPSA) is 76.2 Å². The van der Waals surface area contributed by atoms with E-state index in [1.54, 1.807) is 0 Å². The van der Waals surface area contributed by atoms with Crippen molar-refractivity contribution >= 4 is 5.97 Å². The van der Waals surface area contributed by atoms with Gasteiger partial charge in [0.15, 0.2) is 5.82 Å². The van der Waals surface area contributed by atoms with Crippen LogP contribution >= 0.6 is 0 Å². The highest BCUT2D eigenvalue weighted by Crippen LogP contribution is 2.18. The van der Waals surface area contributed by atoms with Crippen molar-refractivity contribution in [2.75, 3.05) is 0 Å². The van der Waals surface area contributed by atoms with Crippen LogP contribution in [0, 0.1) is 5.41 Å². The molecule has 0 aromatic carbocycles. The van der Waals surface area contributed by atoms with Gasteiger partial charge in [0, 0.05) is 19.3 Å². The predicted octanol–water partition coefficient (Wildman–Crippen LogP) is 2.07. The summed E-state index contributed by atoms with van der Waals surface area (Å²) < 4.78 is 5.04. The van der Waals surface area contributed by atoms with Gasteiger partial charge in [0.2, 0.25) is 5.89 Å². The quantitative estimate of drug-likeness (QED) is 0.831. The molecule has 90 valence electrons. The van der Waals surface area contributed by atoms with E-state index in [2.05, 4.69) is 30.9 Å². The molecule has 0 saturated heterocycles. The van der Waals surface area contributed by atoms with Crippen LogP contribution in [0.5, 0.6) is 0 Å². The first-order valence-corrected chi connectivity index (χ1v) is 5.40. The second kappa shape index (κ2) is 5.09. The molecule has 0 amide bonds. The molecule has 0 atom stereocenters. The normalized spacial score (nSPS) is 11.7. The van der Waals surface area contributed by atoms with Gasteiger partial charge in [0.1, 0.15) is 0 Å². The summed E-state index contributed by atoms with van der Waals surface area (Å²) in [7, 11) is 0. The number of aryl methyl sites for hydroxylation is 1. The lowest BCUT2D eigenvalue weighted by molar-refractivity contribution is -0.137. The minimum Gasteiger partial charge on any atom is -0.481 e. The molecular weight excluding hydrogens is 208 g/mol. The molecule has 0 bridgehead atoms. The molecule has 1 N–H and O–H groups in total. The number of nitrogens with zero attached hydrogens (tertiary/aromatic N) is 2. The number of carbonyl (C=O) groups is 1. The van der Waals surface area contributed by atoms with Crippen LogP contribution in [0.2, 0.25) is 0 Å². The summed E-state index contributed by atoms with van der Waals surface area (Å²) in [5, 5.41) is 12.3. The fourth-order valence-corrected chi connectivity index (χ4v) is 1.33. The zero-order valence-electron chi connectivity index (χ0n) is 9.99. The maximum absolute atomic E-state index is 10.3. The predicted molar refractivity (Wildman–Crippen MR) is 58.0 cm³/mol. The Balaban J connectivity index is 2.42. The smallest absolute Gasteiger partial charge is 0.303 e. The van der Waals surface area contributed by atoms with Gasteiger partial charge in [-0.1, -0.05) is 25.9 Å². The van der Waals surface area contributed by atoms with E-state index in [1.165, 1.54) is 0 Å². The monoisotopic (exact) mass is 226 g/mol. The van der Waals surface area contributed by atoms with E-state index in [1.807, 2.05) is 0 Å². The Morgan fingerprint density at radius 1 is 1.44 bits per heavy atom. The minimum absolute atomic E-state index is 0.127. The molecule has 5 heteroatoms. The van der Waals surface area contributed by atoms with Crippen LogP contribution in [0.3, 0.4) is 0 Å². The van der Waals surface area contributed by atoms with Gasteiger partial charge in [0.25, 0.3) is 0 Å². The Morgan fingerprint density at radius 3 is 2.69 bits per heavy atom. The number of hydrogen-bond donors (Lipinski definition) is 1. The van der Waals surface area contributed by atoms with E-state index < -0.39 is 5.97 Å². The number of aromatic nitrogens is 2. The van der Waals surface area contributed by atoms with E-state index in [4.69, 9.17) is 9.63 Å². The van der Waals surface area contributed by atoms with Crippen molar-refractivity contribution in [3.63, 3.8) is 0 Å². The van der Waals surface area contributed by atoms with Gasteiger partial charge in [-0.15, -0.1) is 0 Å². The lowest BCUT2D eigenvalue weighted by Gasteiger charge is -2.14. The summed E-state index contributed by atoms with van der Waals surface area (Å²) in [6.07, 6.45) is 1.96. The van der Waals surface area contributed by atoms with Crippen LogP contribution in [0.4, 0.5) is 0 Å². The summed E-state index contributed by atoms with van der Waals surface area (Å²) in [5.74, 6) is 0.424. The van der Waals surface area contributed by atoms with Crippen molar-refractivity contribution in [3.05, 3.63) is 11.7 Å². The molecule has 0 radical (unpaired) electrons. The molecule has 1 aromatic heterocycles. The molecule has 0 aliphatic heterocycles. The molecule has 0 aliphatic carbocycles. The lowest BCUT2D eigenvalue weighted by Crippen LogP contribution is -2.10. The van der Waals surface area contributed by atoms with E-state index in [9.17, 15) is 4.79 Å². The summed E-state index contributed by atoms with van der Waals surface area (Å²) in [6, 6.07) is 0. The number of hydrogen-bond acceptors (Lipinski definition) is 4. The maximum Gasteiger partial charge on any atom is 0.303 e. The van der Waals surface area contributed by atoms with E-state index in [0.29, 0.717) is 24.6 Å². The SMILES string of the molecule is CC(C)(C)Cc1noc(CCCC(=O)O)n1. The fourth-order valence-electron chi connectivity index (χ4n) is 1.33. The van der Waals surface area contributed by atoms with Gasteiger partial charge in [-0.3, -0.25) is 4.79 Å². The average Bonchev–Trinajstić information content (AvgIpc) is 2.48. The second-order valence-corrected chi connectivity index (χ2v) is 5.09. The van der Waals surface area contributed by atoms with Crippen molar-refractivity contribution in [1.29, 1.82) is 0 Å². The minimum atomic E-state index is -0.797. The fraction of sp³-hybridized carbons (Fsp3) is 0.727. The summed E-state index contributed by atoms with van der Waals surface area (Å²) in [5.41, 5.74) is 0.127. The molecule has 1 heterocycles. The maximum atomic E-state index is 10.3. The largest absolute Gasteiger partial charge is 0.481 e. The van der Waals surface area contributed by atoms with E-state index in [-0.39, 0.29) is 11.8 Å². The Hall–Kier alpha value is -1.39. The van der Waals surface area contributed by atoms with Crippen molar-refractivity contribution in [2.24, 2.45) is 5.41 Å². The first-order valence-electron chi connectivity index (χ1n) is 5.40. The third-order valence-corrected chi connectivity index (χ3v) is 1.98. The van der Waals surface area contributed by atoms with Gasteiger partial charge in [0.05, 0.1) is 0 Å². The van der Waals surface area contributed by atoms with Crippen molar-refractivity contribution in [1.82, 2.24) is 10.1 Å².